The second-order valence-corrected chi connectivity index (χ2v) is 10.9. The van der Waals surface area contributed by atoms with Gasteiger partial charge in [0.1, 0.15) is 5.82 Å². The zero-order chi connectivity index (χ0) is 20.1. The van der Waals surface area contributed by atoms with Crippen LogP contribution in [0.1, 0.15) is 30.4 Å². The first kappa shape index (κ1) is 19.9. The smallest absolute Gasteiger partial charge is 0.235 e. The molecule has 1 aliphatic carbocycles. The Morgan fingerprint density at radius 1 is 1.11 bits per heavy atom. The first-order valence-electron chi connectivity index (χ1n) is 9.00. The molecule has 0 radical (unpaired) electrons. The molecular weight excluding hydrogens is 429 g/mol. The summed E-state index contributed by atoms with van der Waals surface area (Å²) in [5, 5.41) is -0.140. The summed E-state index contributed by atoms with van der Waals surface area (Å²) >= 11 is 5.98. The molecule has 1 fully saturated rings. The van der Waals surface area contributed by atoms with Gasteiger partial charge in [0.15, 0.2) is 11.6 Å². The molecule has 0 bridgehead atoms. The van der Waals surface area contributed by atoms with Crippen LogP contribution in [0.25, 0.3) is 0 Å². The zero-order valence-electron chi connectivity index (χ0n) is 14.8. The Kier molecular flexibility index (Phi) is 5.09. The summed E-state index contributed by atoms with van der Waals surface area (Å²) in [5.41, 5.74) is 0.341. The van der Waals surface area contributed by atoms with E-state index in [1.165, 1.54) is 0 Å². The first-order chi connectivity index (χ1) is 13.2. The maximum Gasteiger partial charge on any atom is 0.235 e. The summed E-state index contributed by atoms with van der Waals surface area (Å²) in [6.45, 7) is 0.115. The van der Waals surface area contributed by atoms with Crippen molar-refractivity contribution in [1.29, 1.82) is 0 Å². The highest BCUT2D eigenvalue weighted by molar-refractivity contribution is 8.14. The van der Waals surface area contributed by atoms with Crippen LogP contribution in [0, 0.1) is 17.6 Å². The molecule has 3 atom stereocenters. The molecule has 1 aliphatic heterocycles. The third kappa shape index (κ3) is 3.40. The Balaban J connectivity index is 1.84. The van der Waals surface area contributed by atoms with E-state index >= 15 is 0 Å². The highest BCUT2D eigenvalue weighted by Gasteiger charge is 2.52. The topological polar surface area (TPSA) is 43.4 Å². The number of hydrogen-bond donors (Lipinski definition) is 0. The van der Waals surface area contributed by atoms with E-state index in [1.54, 1.807) is 12.1 Å². The van der Waals surface area contributed by atoms with E-state index in [2.05, 4.69) is 0 Å². The molecule has 8 heteroatoms. The van der Waals surface area contributed by atoms with Gasteiger partial charge in [0.25, 0.3) is 0 Å². The average molecular weight is 447 g/mol. The van der Waals surface area contributed by atoms with Gasteiger partial charge < -0.3 is 4.74 Å². The third-order valence-corrected chi connectivity index (χ3v) is 8.29. The van der Waals surface area contributed by atoms with Gasteiger partial charge in [-0.1, -0.05) is 23.7 Å². The standard InChI is InChI=1S/C20H18Cl2F2O3S/c21-14-3-1-12(2-4-14)10-20-8-7-15(28(22,25)26)9-13(20)11-27-19-17(24)6-5-16(23)18(19)20/h1-6,13,15H,7-11H2/t13-,15-,20+/m1/s1. The number of benzene rings is 2. The fraction of sp³-hybridized carbons (Fsp3) is 0.400. The molecule has 150 valence electrons. The molecule has 0 aromatic heterocycles. The highest BCUT2D eigenvalue weighted by Crippen LogP contribution is 2.54. The van der Waals surface area contributed by atoms with Crippen LogP contribution in [-0.2, 0) is 20.9 Å². The van der Waals surface area contributed by atoms with Gasteiger partial charge >= 0.3 is 0 Å². The Bertz CT molecular complexity index is 1010. The van der Waals surface area contributed by atoms with Gasteiger partial charge in [0.2, 0.25) is 9.05 Å². The lowest BCUT2D eigenvalue weighted by Gasteiger charge is -2.49. The molecule has 28 heavy (non-hydrogen) atoms. The van der Waals surface area contributed by atoms with Gasteiger partial charge in [-0.3, -0.25) is 0 Å². The van der Waals surface area contributed by atoms with Crippen molar-refractivity contribution >= 4 is 31.3 Å². The lowest BCUT2D eigenvalue weighted by atomic mass is 9.58. The fourth-order valence-corrected chi connectivity index (χ4v) is 6.18. The molecule has 1 heterocycles. The Hall–Kier alpha value is -1.37. The normalized spacial score (nSPS) is 26.9. The number of fused-ring (bicyclic) bond motifs is 3. The number of rotatable bonds is 3. The van der Waals surface area contributed by atoms with Gasteiger partial charge in [-0.15, -0.1) is 0 Å². The molecule has 0 saturated heterocycles. The second-order valence-electron chi connectivity index (χ2n) is 7.57. The van der Waals surface area contributed by atoms with Crippen LogP contribution in [0.5, 0.6) is 5.75 Å². The molecule has 3 nitrogen and oxygen atoms in total. The SMILES string of the molecule is O=S(=O)(Cl)[C@@H]1CC[C@@]2(Cc3ccc(Cl)cc3)c3c(F)ccc(F)c3OC[C@H]2C1. The third-order valence-electron chi connectivity index (χ3n) is 6.06. The van der Waals surface area contributed by atoms with Crippen molar-refractivity contribution in [3.05, 3.63) is 64.2 Å². The molecular formula is C20H18Cl2F2O3S. The summed E-state index contributed by atoms with van der Waals surface area (Å²) in [4.78, 5) is 0. The van der Waals surface area contributed by atoms with E-state index in [4.69, 9.17) is 27.0 Å². The molecule has 4 rings (SSSR count). The van der Waals surface area contributed by atoms with Crippen molar-refractivity contribution in [2.75, 3.05) is 6.61 Å². The monoisotopic (exact) mass is 446 g/mol. The minimum absolute atomic E-state index is 0.0719. The van der Waals surface area contributed by atoms with E-state index in [0.29, 0.717) is 17.9 Å². The minimum Gasteiger partial charge on any atom is -0.490 e. The number of hydrogen-bond acceptors (Lipinski definition) is 3. The fourth-order valence-electron chi connectivity index (χ4n) is 4.71. The Labute approximate surface area is 172 Å². The van der Waals surface area contributed by atoms with Crippen molar-refractivity contribution < 1.29 is 21.9 Å². The number of halogens is 4. The first-order valence-corrected chi connectivity index (χ1v) is 11.7. The summed E-state index contributed by atoms with van der Waals surface area (Å²) in [5.74, 6) is -1.53. The molecule has 0 N–H and O–H groups in total. The van der Waals surface area contributed by atoms with Crippen LogP contribution in [0.15, 0.2) is 36.4 Å². The Morgan fingerprint density at radius 3 is 2.46 bits per heavy atom. The average Bonchev–Trinajstić information content (AvgIpc) is 2.65. The van der Waals surface area contributed by atoms with Crippen molar-refractivity contribution in [2.45, 2.75) is 36.3 Å². The van der Waals surface area contributed by atoms with E-state index in [-0.39, 0.29) is 36.7 Å². The summed E-state index contributed by atoms with van der Waals surface area (Å²) < 4.78 is 58.7. The maximum atomic E-state index is 15.0. The van der Waals surface area contributed by atoms with E-state index in [0.717, 1.165) is 17.7 Å². The lowest BCUT2D eigenvalue weighted by Crippen LogP contribution is -2.50. The van der Waals surface area contributed by atoms with Gasteiger partial charge in [-0.2, -0.15) is 0 Å². The molecule has 0 amide bonds. The Morgan fingerprint density at radius 2 is 1.79 bits per heavy atom. The summed E-state index contributed by atoms with van der Waals surface area (Å²) in [6, 6.07) is 9.36. The van der Waals surface area contributed by atoms with Crippen molar-refractivity contribution in [3.63, 3.8) is 0 Å². The van der Waals surface area contributed by atoms with Crippen LogP contribution >= 0.6 is 22.3 Å². The molecule has 0 spiro atoms. The van der Waals surface area contributed by atoms with Crippen LogP contribution in [0.3, 0.4) is 0 Å². The molecule has 2 aliphatic rings. The van der Waals surface area contributed by atoms with Gasteiger partial charge in [-0.25, -0.2) is 17.2 Å². The predicted octanol–water partition coefficient (Wildman–Crippen LogP) is 5.23. The minimum atomic E-state index is -3.75. The largest absolute Gasteiger partial charge is 0.490 e. The summed E-state index contributed by atoms with van der Waals surface area (Å²) in [7, 11) is 1.86. The van der Waals surface area contributed by atoms with Gasteiger partial charge in [-0.05, 0) is 55.5 Å². The van der Waals surface area contributed by atoms with Gasteiger partial charge in [0, 0.05) is 32.6 Å². The quantitative estimate of drug-likeness (QED) is 0.606. The van der Waals surface area contributed by atoms with E-state index < -0.39 is 31.4 Å². The lowest BCUT2D eigenvalue weighted by molar-refractivity contribution is 0.0799. The van der Waals surface area contributed by atoms with Crippen molar-refractivity contribution in [2.24, 2.45) is 5.92 Å². The molecule has 2 aromatic carbocycles. The molecule has 1 saturated carbocycles. The van der Waals surface area contributed by atoms with Crippen LogP contribution in [0.4, 0.5) is 8.78 Å². The molecule has 2 aromatic rings. The van der Waals surface area contributed by atoms with E-state index in [1.807, 2.05) is 12.1 Å². The molecule has 0 unspecified atom stereocenters. The zero-order valence-corrected chi connectivity index (χ0v) is 17.1. The number of ether oxygens (including phenoxy) is 1. The summed E-state index contributed by atoms with van der Waals surface area (Å²) in [6.07, 6.45) is 1.33. The van der Waals surface area contributed by atoms with Crippen LogP contribution in [-0.4, -0.2) is 20.3 Å². The van der Waals surface area contributed by atoms with Crippen LogP contribution in [0.2, 0.25) is 5.02 Å². The van der Waals surface area contributed by atoms with Crippen molar-refractivity contribution in [1.82, 2.24) is 0 Å². The highest BCUT2D eigenvalue weighted by atomic mass is 35.7. The van der Waals surface area contributed by atoms with Crippen molar-refractivity contribution in [3.8, 4) is 5.75 Å². The van der Waals surface area contributed by atoms with Gasteiger partial charge in [0.05, 0.1) is 11.9 Å². The van der Waals surface area contributed by atoms with E-state index in [9.17, 15) is 17.2 Å². The second kappa shape index (κ2) is 7.15. The predicted molar refractivity (Wildman–Crippen MR) is 105 cm³/mol. The maximum absolute atomic E-state index is 15.0. The van der Waals surface area contributed by atoms with Crippen LogP contribution < -0.4 is 4.74 Å².